The van der Waals surface area contributed by atoms with E-state index in [9.17, 15) is 9.18 Å². The van der Waals surface area contributed by atoms with Crippen molar-refractivity contribution in [2.75, 3.05) is 5.32 Å². The van der Waals surface area contributed by atoms with Gasteiger partial charge in [0.1, 0.15) is 5.82 Å². The van der Waals surface area contributed by atoms with E-state index in [0.717, 1.165) is 11.1 Å². The fourth-order valence-electron chi connectivity index (χ4n) is 1.15. The van der Waals surface area contributed by atoms with Crippen molar-refractivity contribution < 1.29 is 9.18 Å². The molecule has 0 saturated heterocycles. The summed E-state index contributed by atoms with van der Waals surface area (Å²) in [6.45, 7) is 5.42. The Morgan fingerprint density at radius 1 is 1.40 bits per heavy atom. The van der Waals surface area contributed by atoms with Crippen LogP contribution in [0.3, 0.4) is 0 Å². The van der Waals surface area contributed by atoms with Gasteiger partial charge < -0.3 is 5.32 Å². The van der Waals surface area contributed by atoms with E-state index < -0.39 is 5.82 Å². The third kappa shape index (κ3) is 3.54. The number of nitrogens with one attached hydrogen (secondary N) is 1. The lowest BCUT2D eigenvalue weighted by Gasteiger charge is -2.04. The van der Waals surface area contributed by atoms with Crippen molar-refractivity contribution in [3.8, 4) is 0 Å². The fraction of sp³-hybridized carbons (Fsp3) is 0.250. The maximum atomic E-state index is 13.3. The summed E-state index contributed by atoms with van der Waals surface area (Å²) in [5.41, 5.74) is 1.91. The average molecular weight is 207 g/mol. The molecule has 0 spiro atoms. The minimum atomic E-state index is -0.412. The smallest absolute Gasteiger partial charge is 0.248 e. The summed E-state index contributed by atoms with van der Waals surface area (Å²) in [6, 6.07) is 4.70. The molecule has 3 heteroatoms. The normalized spacial score (nSPS) is 9.60. The molecule has 1 aromatic rings. The van der Waals surface area contributed by atoms with Crippen LogP contribution in [-0.4, -0.2) is 5.91 Å². The number of aryl methyl sites for hydroxylation is 1. The molecule has 0 saturated carbocycles. The summed E-state index contributed by atoms with van der Waals surface area (Å²) in [7, 11) is 0. The van der Waals surface area contributed by atoms with Crippen LogP contribution in [0.2, 0.25) is 0 Å². The van der Waals surface area contributed by atoms with Gasteiger partial charge in [-0.2, -0.15) is 0 Å². The van der Waals surface area contributed by atoms with Crippen molar-refractivity contribution in [3.05, 3.63) is 41.2 Å². The lowest BCUT2D eigenvalue weighted by atomic mass is 10.2. The zero-order valence-electron chi connectivity index (χ0n) is 9.10. The Morgan fingerprint density at radius 3 is 2.60 bits per heavy atom. The molecular weight excluding hydrogens is 193 g/mol. The summed E-state index contributed by atoms with van der Waals surface area (Å²) >= 11 is 0. The number of hydrogen-bond acceptors (Lipinski definition) is 1. The summed E-state index contributed by atoms with van der Waals surface area (Å²) in [5.74, 6) is -0.719. The minimum Gasteiger partial charge on any atom is -0.320 e. The second-order valence-electron chi connectivity index (χ2n) is 3.69. The zero-order chi connectivity index (χ0) is 11.4. The molecule has 1 rings (SSSR count). The van der Waals surface area contributed by atoms with Gasteiger partial charge in [-0.05, 0) is 38.5 Å². The monoisotopic (exact) mass is 207 g/mol. The van der Waals surface area contributed by atoms with Crippen molar-refractivity contribution in [2.45, 2.75) is 20.8 Å². The molecule has 1 amide bonds. The SMILES string of the molecule is CC(C)=CC(=O)Nc1ccc(C)cc1F. The third-order valence-corrected chi connectivity index (χ3v) is 1.80. The highest BCUT2D eigenvalue weighted by atomic mass is 19.1. The number of hydrogen-bond donors (Lipinski definition) is 1. The first kappa shape index (κ1) is 11.4. The lowest BCUT2D eigenvalue weighted by Crippen LogP contribution is -2.09. The standard InChI is InChI=1S/C12H14FNO/c1-8(2)6-12(15)14-11-5-4-9(3)7-10(11)13/h4-7H,1-3H3,(H,14,15). The van der Waals surface area contributed by atoms with E-state index in [-0.39, 0.29) is 11.6 Å². The van der Waals surface area contributed by atoms with Crippen LogP contribution >= 0.6 is 0 Å². The van der Waals surface area contributed by atoms with E-state index in [4.69, 9.17) is 0 Å². The van der Waals surface area contributed by atoms with E-state index in [1.54, 1.807) is 19.1 Å². The minimum absolute atomic E-state index is 0.211. The maximum Gasteiger partial charge on any atom is 0.248 e. The first-order valence-electron chi connectivity index (χ1n) is 4.71. The van der Waals surface area contributed by atoms with Crippen LogP contribution in [0.25, 0.3) is 0 Å². The van der Waals surface area contributed by atoms with E-state index in [1.807, 2.05) is 13.8 Å². The molecule has 0 fully saturated rings. The fourth-order valence-corrected chi connectivity index (χ4v) is 1.15. The quantitative estimate of drug-likeness (QED) is 0.742. The molecule has 0 heterocycles. The molecule has 2 nitrogen and oxygen atoms in total. The number of anilines is 1. The van der Waals surface area contributed by atoms with Crippen LogP contribution in [0.5, 0.6) is 0 Å². The largest absolute Gasteiger partial charge is 0.320 e. The molecule has 1 N–H and O–H groups in total. The molecule has 1 aromatic carbocycles. The van der Waals surface area contributed by atoms with Crippen molar-refractivity contribution in [2.24, 2.45) is 0 Å². The Labute approximate surface area is 88.8 Å². The topological polar surface area (TPSA) is 29.1 Å². The van der Waals surface area contributed by atoms with Gasteiger partial charge in [0.2, 0.25) is 5.91 Å². The number of amides is 1. The maximum absolute atomic E-state index is 13.3. The predicted molar refractivity (Wildman–Crippen MR) is 59.2 cm³/mol. The molecule has 0 unspecified atom stereocenters. The highest BCUT2D eigenvalue weighted by Gasteiger charge is 2.04. The summed E-state index contributed by atoms with van der Waals surface area (Å²) in [5, 5.41) is 2.48. The molecule has 0 aliphatic carbocycles. The molecule has 0 bridgehead atoms. The lowest BCUT2D eigenvalue weighted by molar-refractivity contribution is -0.112. The molecule has 80 valence electrons. The molecule has 15 heavy (non-hydrogen) atoms. The van der Waals surface area contributed by atoms with Gasteiger partial charge in [0, 0.05) is 6.08 Å². The number of allylic oxidation sites excluding steroid dienone is 1. The average Bonchev–Trinajstić information content (AvgIpc) is 2.08. The first-order chi connectivity index (χ1) is 6.99. The van der Waals surface area contributed by atoms with Crippen LogP contribution in [0.1, 0.15) is 19.4 Å². The molecule has 0 radical (unpaired) electrons. The molecule has 0 aromatic heterocycles. The van der Waals surface area contributed by atoms with Crippen molar-refractivity contribution in [1.82, 2.24) is 0 Å². The second kappa shape index (κ2) is 4.73. The van der Waals surface area contributed by atoms with E-state index >= 15 is 0 Å². The van der Waals surface area contributed by atoms with Gasteiger partial charge in [-0.15, -0.1) is 0 Å². The van der Waals surface area contributed by atoms with Crippen LogP contribution < -0.4 is 5.32 Å². The van der Waals surface area contributed by atoms with Crippen molar-refractivity contribution >= 4 is 11.6 Å². The first-order valence-corrected chi connectivity index (χ1v) is 4.71. The number of halogens is 1. The highest BCUT2D eigenvalue weighted by molar-refractivity contribution is 5.99. The van der Waals surface area contributed by atoms with Crippen molar-refractivity contribution in [3.63, 3.8) is 0 Å². The van der Waals surface area contributed by atoms with Crippen LogP contribution in [0.15, 0.2) is 29.8 Å². The van der Waals surface area contributed by atoms with Gasteiger partial charge in [-0.25, -0.2) is 4.39 Å². The summed E-state index contributed by atoms with van der Waals surface area (Å²) in [6.07, 6.45) is 1.43. The Kier molecular flexibility index (Phi) is 3.61. The number of carbonyl (C=O) groups is 1. The van der Waals surface area contributed by atoms with Gasteiger partial charge in [0.25, 0.3) is 0 Å². The molecule has 0 aliphatic heterocycles. The summed E-state index contributed by atoms with van der Waals surface area (Å²) < 4.78 is 13.3. The van der Waals surface area contributed by atoms with E-state index in [2.05, 4.69) is 5.32 Å². The van der Waals surface area contributed by atoms with Gasteiger partial charge >= 0.3 is 0 Å². The predicted octanol–water partition coefficient (Wildman–Crippen LogP) is 3.04. The summed E-state index contributed by atoms with van der Waals surface area (Å²) in [4.78, 5) is 11.3. The van der Waals surface area contributed by atoms with Crippen molar-refractivity contribution in [1.29, 1.82) is 0 Å². The van der Waals surface area contributed by atoms with Crippen LogP contribution in [0.4, 0.5) is 10.1 Å². The second-order valence-corrected chi connectivity index (χ2v) is 3.69. The number of carbonyl (C=O) groups excluding carboxylic acids is 1. The Balaban J connectivity index is 2.82. The highest BCUT2D eigenvalue weighted by Crippen LogP contribution is 2.15. The van der Waals surface area contributed by atoms with E-state index in [1.165, 1.54) is 12.1 Å². The van der Waals surface area contributed by atoms with Gasteiger partial charge in [-0.3, -0.25) is 4.79 Å². The number of rotatable bonds is 2. The molecular formula is C12H14FNO. The van der Waals surface area contributed by atoms with Crippen LogP contribution in [0, 0.1) is 12.7 Å². The van der Waals surface area contributed by atoms with Gasteiger partial charge in [-0.1, -0.05) is 11.6 Å². The molecule has 0 aliphatic rings. The zero-order valence-corrected chi connectivity index (χ0v) is 9.10. The van der Waals surface area contributed by atoms with Gasteiger partial charge in [0.15, 0.2) is 0 Å². The third-order valence-electron chi connectivity index (χ3n) is 1.80. The van der Waals surface area contributed by atoms with Crippen LogP contribution in [-0.2, 0) is 4.79 Å². The Bertz CT molecular complexity index is 406. The van der Waals surface area contributed by atoms with Gasteiger partial charge in [0.05, 0.1) is 5.69 Å². The number of benzene rings is 1. The van der Waals surface area contributed by atoms with E-state index in [0.29, 0.717) is 0 Å². The Hall–Kier alpha value is -1.64. The molecule has 0 atom stereocenters. The Morgan fingerprint density at radius 2 is 2.07 bits per heavy atom.